The lowest BCUT2D eigenvalue weighted by molar-refractivity contribution is 0.0623. The van der Waals surface area contributed by atoms with E-state index >= 15 is 0 Å². The fourth-order valence-corrected chi connectivity index (χ4v) is 5.69. The first-order chi connectivity index (χ1) is 18.3. The summed E-state index contributed by atoms with van der Waals surface area (Å²) < 4.78 is 0. The van der Waals surface area contributed by atoms with Crippen molar-refractivity contribution in [1.82, 2.24) is 25.1 Å². The molecule has 0 radical (unpaired) electrons. The summed E-state index contributed by atoms with van der Waals surface area (Å²) in [5.74, 6) is 0.0756. The van der Waals surface area contributed by atoms with Gasteiger partial charge in [0.25, 0.3) is 11.5 Å². The van der Waals surface area contributed by atoms with E-state index in [9.17, 15) is 14.4 Å². The zero-order valence-electron chi connectivity index (χ0n) is 22.8. The van der Waals surface area contributed by atoms with Crippen molar-refractivity contribution < 1.29 is 9.59 Å². The fourth-order valence-electron chi connectivity index (χ4n) is 5.69. The van der Waals surface area contributed by atoms with E-state index in [1.165, 1.54) is 12.6 Å². The maximum Gasteiger partial charge on any atom is 0.291 e. The van der Waals surface area contributed by atoms with Crippen LogP contribution in [-0.4, -0.2) is 89.9 Å². The Morgan fingerprint density at radius 1 is 1.13 bits per heavy atom. The first kappa shape index (κ1) is 27.8. The Kier molecular flexibility index (Phi) is 9.17. The Balaban J connectivity index is 1.27. The summed E-state index contributed by atoms with van der Waals surface area (Å²) in [4.78, 5) is 51.1. The molecular weight excluding hydrogens is 482 g/mol. The second-order valence-corrected chi connectivity index (χ2v) is 10.4. The number of carbonyl (C=O) groups excluding carboxylic acids is 2. The van der Waals surface area contributed by atoms with Crippen molar-refractivity contribution >= 4 is 23.3 Å². The number of carbonyl (C=O) groups is 2. The Morgan fingerprint density at radius 2 is 1.84 bits per heavy atom. The number of nitrogens with one attached hydrogen (secondary N) is 2. The summed E-state index contributed by atoms with van der Waals surface area (Å²) in [6.45, 7) is 9.49. The molecule has 0 spiro atoms. The summed E-state index contributed by atoms with van der Waals surface area (Å²) in [6.07, 6.45) is 4.66. The number of benzene rings is 1. The molecule has 2 aromatic rings. The van der Waals surface area contributed by atoms with Crippen molar-refractivity contribution in [2.75, 3.05) is 56.9 Å². The summed E-state index contributed by atoms with van der Waals surface area (Å²) >= 11 is 0. The van der Waals surface area contributed by atoms with Gasteiger partial charge in [0, 0.05) is 50.7 Å². The second-order valence-electron chi connectivity index (χ2n) is 10.4. The maximum atomic E-state index is 12.7. The van der Waals surface area contributed by atoms with Gasteiger partial charge in [-0.1, -0.05) is 36.8 Å². The molecule has 2 fully saturated rings. The molecule has 10 heteroatoms. The minimum Gasteiger partial charge on any atom is -0.382 e. The number of hydrogen-bond acceptors (Lipinski definition) is 8. The van der Waals surface area contributed by atoms with Gasteiger partial charge in [0.15, 0.2) is 17.4 Å². The average Bonchev–Trinajstić information content (AvgIpc) is 2.94. The first-order valence-electron chi connectivity index (χ1n) is 13.8. The number of anilines is 2. The highest BCUT2D eigenvalue weighted by Crippen LogP contribution is 2.25. The Labute approximate surface area is 224 Å². The summed E-state index contributed by atoms with van der Waals surface area (Å²) in [5.41, 5.74) is 7.56. The van der Waals surface area contributed by atoms with Gasteiger partial charge in [0.2, 0.25) is 0 Å². The Hall–Kier alpha value is -3.24. The molecule has 1 aromatic carbocycles. The number of amides is 1. The van der Waals surface area contributed by atoms with E-state index in [0.717, 1.165) is 57.4 Å². The number of likely N-dealkylation sites (tertiary alicyclic amines) is 1. The van der Waals surface area contributed by atoms with E-state index < -0.39 is 11.5 Å². The van der Waals surface area contributed by atoms with E-state index in [4.69, 9.17) is 5.73 Å². The second kappa shape index (κ2) is 12.5. The van der Waals surface area contributed by atoms with Gasteiger partial charge < -0.3 is 25.8 Å². The summed E-state index contributed by atoms with van der Waals surface area (Å²) in [7, 11) is 1.48. The van der Waals surface area contributed by atoms with Crippen LogP contribution in [0.1, 0.15) is 65.4 Å². The first-order valence-corrected chi connectivity index (χ1v) is 13.8. The molecular formula is C28H41N7O3. The molecule has 1 atom stereocenters. The number of piperazine rings is 1. The molecule has 0 saturated carbocycles. The van der Waals surface area contributed by atoms with Gasteiger partial charge in [-0.15, -0.1) is 0 Å². The molecule has 206 valence electrons. The topological polar surface area (TPSA) is 128 Å². The molecule has 2 saturated heterocycles. The number of nitrogens with two attached hydrogens (primary N) is 1. The van der Waals surface area contributed by atoms with Gasteiger partial charge in [-0.05, 0) is 52.2 Å². The number of aryl methyl sites for hydroxylation is 1. The van der Waals surface area contributed by atoms with Crippen LogP contribution >= 0.6 is 0 Å². The number of aromatic nitrogens is 2. The lowest BCUT2D eigenvalue weighted by atomic mass is 9.97. The predicted molar refractivity (Wildman–Crippen MR) is 150 cm³/mol. The van der Waals surface area contributed by atoms with Crippen LogP contribution in [0.5, 0.6) is 0 Å². The fraction of sp³-hybridized carbons (Fsp3) is 0.571. The van der Waals surface area contributed by atoms with Crippen molar-refractivity contribution in [2.24, 2.45) is 0 Å². The molecule has 2 aliphatic rings. The largest absolute Gasteiger partial charge is 0.382 e. The van der Waals surface area contributed by atoms with E-state index in [-0.39, 0.29) is 23.1 Å². The van der Waals surface area contributed by atoms with Gasteiger partial charge in [0.1, 0.15) is 5.69 Å². The monoisotopic (exact) mass is 523 g/mol. The zero-order chi connectivity index (χ0) is 27.2. The normalized spacial score (nSPS) is 19.4. The minimum atomic E-state index is -0.459. The van der Waals surface area contributed by atoms with E-state index in [2.05, 4.69) is 32.0 Å². The van der Waals surface area contributed by atoms with E-state index in [0.29, 0.717) is 31.6 Å². The molecule has 10 nitrogen and oxygen atoms in total. The number of Topliss-reactive ketones (excluding diaryl/α,β-unsaturated/α-hetero) is 1. The summed E-state index contributed by atoms with van der Waals surface area (Å²) in [6, 6.07) is 8.67. The van der Waals surface area contributed by atoms with Crippen LogP contribution in [0, 0.1) is 6.92 Å². The third-order valence-electron chi connectivity index (χ3n) is 7.96. The van der Waals surface area contributed by atoms with Crippen LogP contribution in [0.4, 0.5) is 11.6 Å². The van der Waals surface area contributed by atoms with Crippen LogP contribution < -0.4 is 21.5 Å². The lowest BCUT2D eigenvalue weighted by Crippen LogP contribution is -2.59. The van der Waals surface area contributed by atoms with Gasteiger partial charge in [-0.25, -0.2) is 4.98 Å². The number of ketones is 1. The zero-order valence-corrected chi connectivity index (χ0v) is 22.8. The summed E-state index contributed by atoms with van der Waals surface area (Å²) in [5, 5.41) is 2.47. The highest BCUT2D eigenvalue weighted by Gasteiger charge is 2.34. The molecule has 4 N–H and O–H groups in total. The maximum absolute atomic E-state index is 12.7. The number of aromatic amines is 1. The van der Waals surface area contributed by atoms with Crippen molar-refractivity contribution in [1.29, 1.82) is 0 Å². The lowest BCUT2D eigenvalue weighted by Gasteiger charge is -2.47. The van der Waals surface area contributed by atoms with Crippen LogP contribution in [0.2, 0.25) is 0 Å². The molecule has 0 bridgehead atoms. The minimum absolute atomic E-state index is 0.00166. The third-order valence-corrected chi connectivity index (χ3v) is 7.96. The molecule has 3 heterocycles. The molecule has 1 unspecified atom stereocenters. The van der Waals surface area contributed by atoms with Crippen molar-refractivity contribution in [3.63, 3.8) is 0 Å². The van der Waals surface area contributed by atoms with E-state index in [1.54, 1.807) is 0 Å². The van der Waals surface area contributed by atoms with Crippen molar-refractivity contribution in [3.8, 4) is 0 Å². The van der Waals surface area contributed by atoms with Crippen molar-refractivity contribution in [2.45, 2.75) is 58.0 Å². The Morgan fingerprint density at radius 3 is 2.50 bits per heavy atom. The number of piperidine rings is 1. The quantitative estimate of drug-likeness (QED) is 0.426. The molecule has 1 amide bonds. The smallest absolute Gasteiger partial charge is 0.291 e. The highest BCUT2D eigenvalue weighted by atomic mass is 16.2. The van der Waals surface area contributed by atoms with Crippen LogP contribution in [0.25, 0.3) is 0 Å². The van der Waals surface area contributed by atoms with Crippen LogP contribution in [0.15, 0.2) is 29.1 Å². The van der Waals surface area contributed by atoms with Crippen LogP contribution in [-0.2, 0) is 0 Å². The Bertz CT molecular complexity index is 1170. The average molecular weight is 524 g/mol. The molecule has 4 rings (SSSR count). The van der Waals surface area contributed by atoms with E-state index in [1.807, 2.05) is 36.1 Å². The number of hydrogen-bond donors (Lipinski definition) is 3. The van der Waals surface area contributed by atoms with Crippen LogP contribution in [0.3, 0.4) is 0 Å². The van der Waals surface area contributed by atoms with Gasteiger partial charge in [-0.3, -0.25) is 19.3 Å². The number of nitrogens with zero attached hydrogens (tertiary/aromatic N) is 4. The van der Waals surface area contributed by atoms with Crippen molar-refractivity contribution in [3.05, 3.63) is 51.4 Å². The SMILES string of the molecule is CCC1CN(c2nc(N)c(C(=O)NC)[nH]c2=O)CCN1C1CCN(CCCC(=O)c2ccc(C)cc2)CC1. The van der Waals surface area contributed by atoms with Gasteiger partial charge >= 0.3 is 0 Å². The van der Waals surface area contributed by atoms with Gasteiger partial charge in [0.05, 0.1) is 0 Å². The standard InChI is InChI=1S/C28H41N7O3/c1-4-21-18-34(26-28(38)31-24(25(29)32-26)27(37)30-3)16-17-35(21)22-11-14-33(15-12-22)13-5-6-23(36)20-9-7-19(2)8-10-20/h7-10,21-22H,4-6,11-18H2,1-3H3,(H2,29,32)(H,30,37)(H,31,38). The number of H-pyrrole nitrogens is 1. The highest BCUT2D eigenvalue weighted by molar-refractivity contribution is 5.96. The molecule has 38 heavy (non-hydrogen) atoms. The number of nitrogen functional groups attached to an aromatic ring is 1. The van der Waals surface area contributed by atoms with Gasteiger partial charge in [-0.2, -0.15) is 0 Å². The predicted octanol–water partition coefficient (Wildman–Crippen LogP) is 2.05. The number of rotatable bonds is 9. The molecule has 0 aliphatic carbocycles. The molecule has 2 aliphatic heterocycles. The third kappa shape index (κ3) is 6.42. The molecule has 1 aromatic heterocycles.